The fourth-order valence-electron chi connectivity index (χ4n) is 4.02. The van der Waals surface area contributed by atoms with Crippen LogP contribution in [0.5, 0.6) is 5.75 Å². The summed E-state index contributed by atoms with van der Waals surface area (Å²) in [4.78, 5) is 39.1. The smallest absolute Gasteiger partial charge is 0.347 e. The first kappa shape index (κ1) is 33.2. The predicted molar refractivity (Wildman–Crippen MR) is 147 cm³/mol. The Kier molecular flexibility index (Phi) is 13.1. The molecule has 0 spiro atoms. The number of hydrogen-bond acceptors (Lipinski definition) is 7. The van der Waals surface area contributed by atoms with E-state index < -0.39 is 40.9 Å². The maximum absolute atomic E-state index is 13.9. The molecule has 2 unspecified atom stereocenters. The third-order valence-corrected chi connectivity index (χ3v) is 7.24. The van der Waals surface area contributed by atoms with E-state index >= 15 is 0 Å². The van der Waals surface area contributed by atoms with Gasteiger partial charge in [0.2, 0.25) is 5.91 Å². The summed E-state index contributed by atoms with van der Waals surface area (Å²) in [5.41, 5.74) is 6.66. The van der Waals surface area contributed by atoms with Crippen LogP contribution in [0.25, 0.3) is 0 Å². The zero-order valence-corrected chi connectivity index (χ0v) is 23.8. The van der Waals surface area contributed by atoms with Crippen LogP contribution in [0.2, 0.25) is 0 Å². The summed E-state index contributed by atoms with van der Waals surface area (Å²) < 4.78 is 51.3. The van der Waals surface area contributed by atoms with Crippen LogP contribution in [-0.2, 0) is 32.1 Å². The van der Waals surface area contributed by atoms with Gasteiger partial charge in [-0.15, -0.1) is 24.2 Å². The molecular weight excluding hydrogens is 571 g/mol. The molecule has 1 heterocycles. The van der Waals surface area contributed by atoms with Crippen molar-refractivity contribution in [2.75, 3.05) is 18.9 Å². The highest BCUT2D eigenvalue weighted by atomic mass is 35.5. The largest absolute Gasteiger partial charge is 0.479 e. The molecular formula is C27H33ClF3N3O5S. The van der Waals surface area contributed by atoms with Crippen molar-refractivity contribution in [2.24, 2.45) is 5.73 Å². The minimum Gasteiger partial charge on any atom is -0.479 e. The number of ether oxygens (including phenoxy) is 2. The highest BCUT2D eigenvalue weighted by Gasteiger charge is 2.35. The molecule has 0 aromatic heterocycles. The first-order valence-electron chi connectivity index (χ1n) is 12.6. The van der Waals surface area contributed by atoms with Gasteiger partial charge < -0.3 is 25.4 Å². The van der Waals surface area contributed by atoms with E-state index in [1.807, 2.05) is 6.92 Å². The summed E-state index contributed by atoms with van der Waals surface area (Å²) >= 11 is 1.31. The van der Waals surface area contributed by atoms with Gasteiger partial charge in [0.05, 0.1) is 6.61 Å². The van der Waals surface area contributed by atoms with Crippen molar-refractivity contribution in [1.29, 1.82) is 0 Å². The van der Waals surface area contributed by atoms with Crippen molar-refractivity contribution in [2.45, 2.75) is 57.2 Å². The van der Waals surface area contributed by atoms with E-state index in [-0.39, 0.29) is 55.8 Å². The van der Waals surface area contributed by atoms with Crippen molar-refractivity contribution < 1.29 is 37.0 Å². The number of thioether (sulfide) groups is 1. The fraction of sp³-hybridized carbons (Fsp3) is 0.444. The third-order valence-electron chi connectivity index (χ3n) is 6.03. The number of carbonyl (C=O) groups excluding carboxylic acids is 3. The molecule has 0 aliphatic carbocycles. The lowest BCUT2D eigenvalue weighted by Crippen LogP contribution is -2.46. The molecule has 1 aliphatic rings. The zero-order valence-electron chi connectivity index (χ0n) is 22.2. The lowest BCUT2D eigenvalue weighted by atomic mass is 10.0. The average molecular weight is 604 g/mol. The third kappa shape index (κ3) is 9.03. The Morgan fingerprint density at radius 1 is 1.10 bits per heavy atom. The van der Waals surface area contributed by atoms with Crippen LogP contribution >= 0.6 is 24.2 Å². The number of nitrogens with two attached hydrogens (primary N) is 1. The number of benzene rings is 2. The maximum atomic E-state index is 13.9. The van der Waals surface area contributed by atoms with Crippen LogP contribution in [0.3, 0.4) is 0 Å². The molecule has 2 aromatic rings. The molecule has 3 atom stereocenters. The lowest BCUT2D eigenvalue weighted by molar-refractivity contribution is -0.151. The molecule has 3 N–H and O–H groups in total. The molecule has 0 radical (unpaired) electrons. The number of halogens is 4. The van der Waals surface area contributed by atoms with Gasteiger partial charge in [0.1, 0.15) is 11.6 Å². The van der Waals surface area contributed by atoms with Crippen molar-refractivity contribution in [3.8, 4) is 5.75 Å². The summed E-state index contributed by atoms with van der Waals surface area (Å²) in [5.74, 6) is -3.54. The predicted octanol–water partition coefficient (Wildman–Crippen LogP) is 3.72. The van der Waals surface area contributed by atoms with Gasteiger partial charge in [-0.3, -0.25) is 9.59 Å². The molecule has 3 rings (SSSR count). The molecule has 0 bridgehead atoms. The Morgan fingerprint density at radius 2 is 1.77 bits per heavy atom. The van der Waals surface area contributed by atoms with Gasteiger partial charge in [0, 0.05) is 37.4 Å². The molecule has 1 saturated heterocycles. The normalized spacial score (nSPS) is 16.1. The Bertz CT molecular complexity index is 1170. The highest BCUT2D eigenvalue weighted by Crippen LogP contribution is 2.26. The number of hydrogen-bond donors (Lipinski definition) is 2. The van der Waals surface area contributed by atoms with Gasteiger partial charge >= 0.3 is 5.97 Å². The van der Waals surface area contributed by atoms with E-state index in [1.165, 1.54) is 16.7 Å². The Balaban J connectivity index is 0.00000560. The van der Waals surface area contributed by atoms with Gasteiger partial charge in [-0.1, -0.05) is 19.1 Å². The molecule has 1 aliphatic heterocycles. The van der Waals surface area contributed by atoms with E-state index in [1.54, 1.807) is 31.2 Å². The molecule has 2 amide bonds. The minimum absolute atomic E-state index is 0. The van der Waals surface area contributed by atoms with Crippen LogP contribution in [0.4, 0.5) is 13.2 Å². The molecule has 8 nitrogen and oxygen atoms in total. The number of amides is 2. The summed E-state index contributed by atoms with van der Waals surface area (Å²) in [5, 5.41) is 2.07. The number of nitrogens with zero attached hydrogens (tertiary/aromatic N) is 1. The van der Waals surface area contributed by atoms with E-state index in [2.05, 4.69) is 5.32 Å². The van der Waals surface area contributed by atoms with Crippen LogP contribution in [0.15, 0.2) is 36.4 Å². The second kappa shape index (κ2) is 15.7. The Hall–Kier alpha value is -2.96. The summed E-state index contributed by atoms with van der Waals surface area (Å²) in [6, 6.07) is 7.24. The van der Waals surface area contributed by atoms with Gasteiger partial charge in [0.25, 0.3) is 5.91 Å². The molecule has 13 heteroatoms. The van der Waals surface area contributed by atoms with Gasteiger partial charge in [-0.25, -0.2) is 18.0 Å². The van der Waals surface area contributed by atoms with E-state index in [9.17, 15) is 27.6 Å². The molecule has 0 saturated carbocycles. The topological polar surface area (TPSA) is 111 Å². The molecule has 2 aromatic carbocycles. The quantitative estimate of drug-likeness (QED) is 0.281. The minimum atomic E-state index is -1.30. The average Bonchev–Trinajstić information content (AvgIpc) is 3.40. The Morgan fingerprint density at radius 3 is 2.42 bits per heavy atom. The van der Waals surface area contributed by atoms with Crippen LogP contribution in [0.1, 0.15) is 37.8 Å². The Labute approximate surface area is 241 Å². The molecule has 220 valence electrons. The van der Waals surface area contributed by atoms with Gasteiger partial charge in [0.15, 0.2) is 23.1 Å². The fourth-order valence-corrected chi connectivity index (χ4v) is 5.18. The van der Waals surface area contributed by atoms with Gasteiger partial charge in [-0.05, 0) is 49.1 Å². The maximum Gasteiger partial charge on any atom is 0.347 e. The van der Waals surface area contributed by atoms with Crippen LogP contribution < -0.4 is 15.8 Å². The standard InChI is InChI=1S/C27H32F3N3O5S.ClH/c1-3-23(27(36)37-4-2)38-19-7-5-16(6-8-19)15-32-25(35)26-33(9-10-39-26)24(34)13-18(31)11-17-12-21(29)22(30)14-20(17)28;/h5-8,12,14,18,23,26H,3-4,9-11,13,15,31H2,1-2H3,(H,32,35);1H/t18-,23?,26?;/m1./s1. The second-order valence-electron chi connectivity index (χ2n) is 8.96. The van der Waals surface area contributed by atoms with E-state index in [4.69, 9.17) is 15.2 Å². The zero-order chi connectivity index (χ0) is 28.5. The number of esters is 1. The van der Waals surface area contributed by atoms with Crippen molar-refractivity contribution in [3.63, 3.8) is 0 Å². The van der Waals surface area contributed by atoms with Crippen LogP contribution in [0, 0.1) is 17.5 Å². The SMILES string of the molecule is CCOC(=O)C(CC)Oc1ccc(CNC(=O)C2SCCN2C(=O)C[C@H](N)Cc2cc(F)c(F)cc2F)cc1.Cl. The first-order chi connectivity index (χ1) is 18.6. The second-order valence-corrected chi connectivity index (χ2v) is 10.2. The van der Waals surface area contributed by atoms with Crippen molar-refractivity contribution in [3.05, 3.63) is 65.0 Å². The first-order valence-corrected chi connectivity index (χ1v) is 13.7. The number of rotatable bonds is 12. The molecule has 1 fully saturated rings. The monoisotopic (exact) mass is 603 g/mol. The van der Waals surface area contributed by atoms with Crippen molar-refractivity contribution >= 4 is 42.0 Å². The lowest BCUT2D eigenvalue weighted by Gasteiger charge is -2.24. The van der Waals surface area contributed by atoms with Gasteiger partial charge in [-0.2, -0.15) is 0 Å². The summed E-state index contributed by atoms with van der Waals surface area (Å²) in [7, 11) is 0. The summed E-state index contributed by atoms with van der Waals surface area (Å²) in [6.45, 7) is 4.37. The number of carbonyl (C=O) groups is 3. The summed E-state index contributed by atoms with van der Waals surface area (Å²) in [6.07, 6.45) is -0.598. The van der Waals surface area contributed by atoms with E-state index in [0.717, 1.165) is 11.6 Å². The highest BCUT2D eigenvalue weighted by molar-refractivity contribution is 8.00. The van der Waals surface area contributed by atoms with Crippen molar-refractivity contribution in [1.82, 2.24) is 10.2 Å². The molecule has 40 heavy (non-hydrogen) atoms. The number of nitrogens with one attached hydrogen (secondary N) is 1. The van der Waals surface area contributed by atoms with E-state index in [0.29, 0.717) is 30.5 Å². The van der Waals surface area contributed by atoms with Crippen LogP contribution in [-0.4, -0.2) is 59.1 Å².